The van der Waals surface area contributed by atoms with E-state index in [0.29, 0.717) is 5.92 Å². The van der Waals surface area contributed by atoms with Gasteiger partial charge < -0.3 is 16.0 Å². The van der Waals surface area contributed by atoms with Crippen LogP contribution >= 0.6 is 12.4 Å². The minimum Gasteiger partial charge on any atom is -0.350 e. The Morgan fingerprint density at radius 1 is 1.33 bits per heavy atom. The van der Waals surface area contributed by atoms with Crippen LogP contribution in [0, 0.1) is 11.8 Å². The first-order valence-corrected chi connectivity index (χ1v) is 6.09. The fourth-order valence-electron chi connectivity index (χ4n) is 1.67. The van der Waals surface area contributed by atoms with Crippen molar-refractivity contribution in [3.05, 3.63) is 0 Å². The van der Waals surface area contributed by atoms with Gasteiger partial charge in [0.15, 0.2) is 0 Å². The molecular formula is C12H24ClN3O2. The topological polar surface area (TPSA) is 70.2 Å². The Morgan fingerprint density at radius 2 is 1.89 bits per heavy atom. The van der Waals surface area contributed by atoms with Gasteiger partial charge in [0.2, 0.25) is 11.8 Å². The van der Waals surface area contributed by atoms with Gasteiger partial charge in [0.25, 0.3) is 0 Å². The molecule has 1 saturated heterocycles. The van der Waals surface area contributed by atoms with Crippen molar-refractivity contribution in [1.29, 1.82) is 0 Å². The summed E-state index contributed by atoms with van der Waals surface area (Å²) in [6.45, 7) is 9.48. The van der Waals surface area contributed by atoms with Crippen molar-refractivity contribution in [2.24, 2.45) is 11.8 Å². The van der Waals surface area contributed by atoms with Crippen molar-refractivity contribution < 1.29 is 9.59 Å². The first-order valence-electron chi connectivity index (χ1n) is 6.09. The highest BCUT2D eigenvalue weighted by Gasteiger charge is 2.28. The second kappa shape index (κ2) is 6.95. The van der Waals surface area contributed by atoms with Gasteiger partial charge in [0.05, 0.1) is 6.54 Å². The summed E-state index contributed by atoms with van der Waals surface area (Å²) >= 11 is 0. The van der Waals surface area contributed by atoms with Crippen LogP contribution in [0.15, 0.2) is 0 Å². The standard InChI is InChI=1S/C12H23N3O2.ClH/c1-8(9-5-13-6-9)11(17)14-7-10(16)15-12(2,3)4;/h8-9,13H,5-7H2,1-4H3,(H,14,17)(H,15,16);1H. The predicted octanol–water partition coefficient (Wildman–Crippen LogP) is 0.295. The quantitative estimate of drug-likeness (QED) is 0.692. The first-order chi connectivity index (χ1) is 7.79. The van der Waals surface area contributed by atoms with Crippen molar-refractivity contribution in [3.8, 4) is 0 Å². The van der Waals surface area contributed by atoms with Crippen molar-refractivity contribution >= 4 is 24.2 Å². The summed E-state index contributed by atoms with van der Waals surface area (Å²) in [7, 11) is 0. The number of rotatable bonds is 4. The van der Waals surface area contributed by atoms with Gasteiger partial charge in [-0.3, -0.25) is 9.59 Å². The fourth-order valence-corrected chi connectivity index (χ4v) is 1.67. The van der Waals surface area contributed by atoms with Gasteiger partial charge in [0.1, 0.15) is 0 Å². The van der Waals surface area contributed by atoms with E-state index < -0.39 is 0 Å². The van der Waals surface area contributed by atoms with E-state index in [-0.39, 0.29) is 42.2 Å². The molecule has 1 aliphatic heterocycles. The Balaban J connectivity index is 0.00000289. The predicted molar refractivity (Wildman–Crippen MR) is 73.7 cm³/mol. The Hall–Kier alpha value is -0.810. The molecule has 1 atom stereocenters. The lowest BCUT2D eigenvalue weighted by atomic mass is 9.88. The largest absolute Gasteiger partial charge is 0.350 e. The van der Waals surface area contributed by atoms with Crippen LogP contribution in [0.2, 0.25) is 0 Å². The molecule has 3 N–H and O–H groups in total. The average Bonchev–Trinajstić information content (AvgIpc) is 2.08. The van der Waals surface area contributed by atoms with E-state index >= 15 is 0 Å². The average molecular weight is 278 g/mol. The molecule has 0 saturated carbocycles. The van der Waals surface area contributed by atoms with Gasteiger partial charge in [-0.2, -0.15) is 0 Å². The molecule has 0 spiro atoms. The van der Waals surface area contributed by atoms with Crippen molar-refractivity contribution in [3.63, 3.8) is 0 Å². The molecule has 1 rings (SSSR count). The van der Waals surface area contributed by atoms with Crippen LogP contribution in [0.25, 0.3) is 0 Å². The van der Waals surface area contributed by atoms with E-state index in [1.165, 1.54) is 0 Å². The van der Waals surface area contributed by atoms with Crippen LogP contribution in [0.1, 0.15) is 27.7 Å². The zero-order chi connectivity index (χ0) is 13.1. The molecule has 1 unspecified atom stereocenters. The molecule has 18 heavy (non-hydrogen) atoms. The van der Waals surface area contributed by atoms with E-state index in [4.69, 9.17) is 0 Å². The molecule has 0 aliphatic carbocycles. The number of hydrogen-bond donors (Lipinski definition) is 3. The highest BCUT2D eigenvalue weighted by Crippen LogP contribution is 2.15. The van der Waals surface area contributed by atoms with Gasteiger partial charge in [-0.1, -0.05) is 6.92 Å². The first kappa shape index (κ1) is 17.2. The summed E-state index contributed by atoms with van der Waals surface area (Å²) in [5, 5.41) is 8.61. The maximum absolute atomic E-state index is 11.7. The molecule has 0 radical (unpaired) electrons. The third kappa shape index (κ3) is 5.69. The minimum absolute atomic E-state index is 0. The van der Waals surface area contributed by atoms with E-state index in [1.54, 1.807) is 0 Å². The molecule has 106 valence electrons. The van der Waals surface area contributed by atoms with Crippen LogP contribution in [0.4, 0.5) is 0 Å². The van der Waals surface area contributed by atoms with Gasteiger partial charge in [-0.25, -0.2) is 0 Å². The number of amides is 2. The molecule has 5 nitrogen and oxygen atoms in total. The molecular weight excluding hydrogens is 254 g/mol. The number of carbonyl (C=O) groups is 2. The number of nitrogens with one attached hydrogen (secondary N) is 3. The van der Waals surface area contributed by atoms with Crippen molar-refractivity contribution in [2.75, 3.05) is 19.6 Å². The van der Waals surface area contributed by atoms with Gasteiger partial charge >= 0.3 is 0 Å². The van der Waals surface area contributed by atoms with Crippen molar-refractivity contribution in [2.45, 2.75) is 33.2 Å². The molecule has 0 aromatic rings. The highest BCUT2D eigenvalue weighted by molar-refractivity contribution is 5.86. The number of halogens is 1. The normalized spacial score (nSPS) is 17.1. The lowest BCUT2D eigenvalue weighted by Gasteiger charge is -2.31. The minimum atomic E-state index is -0.259. The third-order valence-electron chi connectivity index (χ3n) is 2.87. The summed E-state index contributed by atoms with van der Waals surface area (Å²) in [5.41, 5.74) is -0.259. The third-order valence-corrected chi connectivity index (χ3v) is 2.87. The van der Waals surface area contributed by atoms with Crippen LogP contribution in [-0.4, -0.2) is 37.0 Å². The summed E-state index contributed by atoms with van der Waals surface area (Å²) < 4.78 is 0. The maximum Gasteiger partial charge on any atom is 0.239 e. The van der Waals surface area contributed by atoms with Crippen LogP contribution in [0.5, 0.6) is 0 Å². The Kier molecular flexibility index (Phi) is 6.63. The molecule has 6 heteroatoms. The summed E-state index contributed by atoms with van der Waals surface area (Å²) in [4.78, 5) is 23.2. The van der Waals surface area contributed by atoms with E-state index in [2.05, 4.69) is 16.0 Å². The summed E-state index contributed by atoms with van der Waals surface area (Å²) in [6, 6.07) is 0. The van der Waals surface area contributed by atoms with Gasteiger partial charge in [0, 0.05) is 11.5 Å². The Bertz CT molecular complexity index is 298. The zero-order valence-electron chi connectivity index (χ0n) is 11.5. The molecule has 1 fully saturated rings. The lowest BCUT2D eigenvalue weighted by molar-refractivity contribution is -0.130. The second-order valence-corrected chi connectivity index (χ2v) is 5.72. The van der Waals surface area contributed by atoms with Crippen LogP contribution in [0.3, 0.4) is 0 Å². The summed E-state index contributed by atoms with van der Waals surface area (Å²) in [5.74, 6) is 0.185. The molecule has 0 aromatic carbocycles. The SMILES string of the molecule is CC(C(=O)NCC(=O)NC(C)(C)C)C1CNC1.Cl. The van der Waals surface area contributed by atoms with Gasteiger partial charge in [-0.15, -0.1) is 12.4 Å². The van der Waals surface area contributed by atoms with Crippen LogP contribution < -0.4 is 16.0 Å². The van der Waals surface area contributed by atoms with E-state index in [1.807, 2.05) is 27.7 Å². The Labute approximate surface area is 115 Å². The molecule has 0 aromatic heterocycles. The van der Waals surface area contributed by atoms with E-state index in [0.717, 1.165) is 13.1 Å². The van der Waals surface area contributed by atoms with Crippen LogP contribution in [-0.2, 0) is 9.59 Å². The Morgan fingerprint density at radius 3 is 2.28 bits per heavy atom. The number of carbonyl (C=O) groups excluding carboxylic acids is 2. The number of hydrogen-bond acceptors (Lipinski definition) is 3. The lowest BCUT2D eigenvalue weighted by Crippen LogP contribution is -2.51. The molecule has 2 amide bonds. The molecule has 1 heterocycles. The van der Waals surface area contributed by atoms with E-state index in [9.17, 15) is 9.59 Å². The fraction of sp³-hybridized carbons (Fsp3) is 0.833. The smallest absolute Gasteiger partial charge is 0.239 e. The van der Waals surface area contributed by atoms with Gasteiger partial charge in [-0.05, 0) is 39.8 Å². The molecule has 0 bridgehead atoms. The monoisotopic (exact) mass is 277 g/mol. The highest BCUT2D eigenvalue weighted by atomic mass is 35.5. The zero-order valence-corrected chi connectivity index (χ0v) is 12.3. The second-order valence-electron chi connectivity index (χ2n) is 5.72. The summed E-state index contributed by atoms with van der Waals surface area (Å²) in [6.07, 6.45) is 0. The maximum atomic E-state index is 11.7. The molecule has 1 aliphatic rings. The van der Waals surface area contributed by atoms with Crippen molar-refractivity contribution in [1.82, 2.24) is 16.0 Å².